The normalized spacial score (nSPS) is 29.1. The van der Waals surface area contributed by atoms with Crippen molar-refractivity contribution in [3.63, 3.8) is 0 Å². The molecule has 1 aromatic rings. The fraction of sp³-hybridized carbons (Fsp3) is 0.647. The maximum Gasteiger partial charge on any atom is 0.126 e. The Hall–Kier alpha value is -0.730. The molecular weight excluding hydrogens is 272 g/mol. The lowest BCUT2D eigenvalue weighted by atomic mass is 9.75. The van der Waals surface area contributed by atoms with E-state index in [1.807, 2.05) is 12.1 Å². The van der Waals surface area contributed by atoms with E-state index in [4.69, 9.17) is 16.3 Å². The minimum atomic E-state index is -0.573. The topological polar surface area (TPSA) is 29.5 Å². The molecule has 0 radical (unpaired) electrons. The summed E-state index contributed by atoms with van der Waals surface area (Å²) in [6.45, 7) is 2.98. The zero-order valence-corrected chi connectivity index (χ0v) is 12.9. The van der Waals surface area contributed by atoms with Crippen molar-refractivity contribution in [1.29, 1.82) is 0 Å². The van der Waals surface area contributed by atoms with Gasteiger partial charge in [0.2, 0.25) is 0 Å². The van der Waals surface area contributed by atoms with E-state index in [1.165, 1.54) is 12.0 Å². The Balaban J connectivity index is 1.78. The number of hydrogen-bond donors (Lipinski definition) is 1. The second-order valence-electron chi connectivity index (χ2n) is 6.40. The number of ether oxygens (including phenoxy) is 1. The van der Waals surface area contributed by atoms with Gasteiger partial charge >= 0.3 is 0 Å². The van der Waals surface area contributed by atoms with Gasteiger partial charge in [-0.15, -0.1) is 0 Å². The number of rotatable bonds is 3. The second-order valence-corrected chi connectivity index (χ2v) is 6.84. The Kier molecular flexibility index (Phi) is 3.96. The first kappa shape index (κ1) is 14.2. The van der Waals surface area contributed by atoms with Crippen molar-refractivity contribution in [2.45, 2.75) is 57.5 Å². The maximum atomic E-state index is 10.9. The molecule has 2 aliphatic rings. The van der Waals surface area contributed by atoms with Crippen LogP contribution >= 0.6 is 11.6 Å². The summed E-state index contributed by atoms with van der Waals surface area (Å²) in [5, 5.41) is 11.6. The van der Waals surface area contributed by atoms with E-state index in [0.29, 0.717) is 6.42 Å². The maximum absolute atomic E-state index is 10.9. The first-order chi connectivity index (χ1) is 9.59. The highest BCUT2D eigenvalue weighted by Gasteiger charge is 2.34. The summed E-state index contributed by atoms with van der Waals surface area (Å²) in [5.41, 5.74) is 1.71. The van der Waals surface area contributed by atoms with Gasteiger partial charge in [0.05, 0.1) is 12.2 Å². The highest BCUT2D eigenvalue weighted by atomic mass is 35.5. The van der Waals surface area contributed by atoms with Crippen molar-refractivity contribution in [3.8, 4) is 5.75 Å². The monoisotopic (exact) mass is 294 g/mol. The van der Waals surface area contributed by atoms with Crippen molar-refractivity contribution in [2.75, 3.05) is 6.61 Å². The number of halogens is 1. The average Bonchev–Trinajstić information content (AvgIpc) is 2.87. The Labute approximate surface area is 126 Å². The summed E-state index contributed by atoms with van der Waals surface area (Å²) < 4.78 is 5.74. The summed E-state index contributed by atoms with van der Waals surface area (Å²) in [4.78, 5) is 0. The molecule has 0 atom stereocenters. The third-order valence-corrected chi connectivity index (χ3v) is 5.18. The molecule has 0 saturated heterocycles. The fourth-order valence-electron chi connectivity index (χ4n) is 3.63. The molecule has 1 fully saturated rings. The number of benzene rings is 1. The number of hydrogen-bond acceptors (Lipinski definition) is 2. The standard InChI is InChI=1S/C17H23ClO2/c1-2-12-3-6-17(19,7-4-12)11-14-10-15(18)9-13-5-8-20-16(13)14/h9-10,12,19H,2-8,11H2,1H3. The highest BCUT2D eigenvalue weighted by Crippen LogP contribution is 2.40. The molecule has 1 aliphatic heterocycles. The Morgan fingerprint density at radius 3 is 2.80 bits per heavy atom. The van der Waals surface area contributed by atoms with Gasteiger partial charge in [-0.2, -0.15) is 0 Å². The average molecular weight is 295 g/mol. The van der Waals surface area contributed by atoms with Crippen LogP contribution in [0.4, 0.5) is 0 Å². The Morgan fingerprint density at radius 2 is 2.10 bits per heavy atom. The molecule has 2 nitrogen and oxygen atoms in total. The van der Waals surface area contributed by atoms with E-state index < -0.39 is 5.60 Å². The lowest BCUT2D eigenvalue weighted by molar-refractivity contribution is -0.00961. The quantitative estimate of drug-likeness (QED) is 0.907. The second kappa shape index (κ2) is 5.57. The predicted molar refractivity (Wildman–Crippen MR) is 81.6 cm³/mol. The molecule has 1 N–H and O–H groups in total. The van der Waals surface area contributed by atoms with Crippen LogP contribution in [-0.4, -0.2) is 17.3 Å². The minimum absolute atomic E-state index is 0.573. The first-order valence-corrected chi connectivity index (χ1v) is 8.14. The molecule has 3 rings (SSSR count). The molecule has 0 aromatic heterocycles. The van der Waals surface area contributed by atoms with Crippen LogP contribution < -0.4 is 4.74 Å². The summed E-state index contributed by atoms with van der Waals surface area (Å²) in [6, 6.07) is 3.96. The fourth-order valence-corrected chi connectivity index (χ4v) is 3.90. The third kappa shape index (κ3) is 2.82. The van der Waals surface area contributed by atoms with E-state index >= 15 is 0 Å². The SMILES string of the molecule is CCC1CCC(O)(Cc2cc(Cl)cc3c2OCC3)CC1. The first-order valence-electron chi connectivity index (χ1n) is 7.76. The molecule has 20 heavy (non-hydrogen) atoms. The van der Waals surface area contributed by atoms with Crippen molar-refractivity contribution < 1.29 is 9.84 Å². The van der Waals surface area contributed by atoms with Crippen LogP contribution in [0.25, 0.3) is 0 Å². The summed E-state index contributed by atoms with van der Waals surface area (Å²) >= 11 is 6.20. The molecule has 0 spiro atoms. The molecule has 0 unspecified atom stereocenters. The Morgan fingerprint density at radius 1 is 1.35 bits per heavy atom. The van der Waals surface area contributed by atoms with E-state index in [-0.39, 0.29) is 0 Å². The van der Waals surface area contributed by atoms with E-state index in [2.05, 4.69) is 6.92 Å². The van der Waals surface area contributed by atoms with Crippen molar-refractivity contribution >= 4 is 11.6 Å². The van der Waals surface area contributed by atoms with Gasteiger partial charge in [0.1, 0.15) is 5.75 Å². The number of aliphatic hydroxyl groups is 1. The van der Waals surface area contributed by atoms with Gasteiger partial charge in [-0.3, -0.25) is 0 Å². The summed E-state index contributed by atoms with van der Waals surface area (Å²) in [5.74, 6) is 1.76. The third-order valence-electron chi connectivity index (χ3n) is 4.96. The molecular formula is C17H23ClO2. The van der Waals surface area contributed by atoms with Crippen LogP contribution in [0.15, 0.2) is 12.1 Å². The predicted octanol–water partition coefficient (Wildman–Crippen LogP) is 4.15. The molecule has 1 aromatic carbocycles. The van der Waals surface area contributed by atoms with E-state index in [9.17, 15) is 5.11 Å². The van der Waals surface area contributed by atoms with Gasteiger partial charge in [-0.1, -0.05) is 24.9 Å². The van der Waals surface area contributed by atoms with E-state index in [1.54, 1.807) is 0 Å². The molecule has 1 aliphatic carbocycles. The van der Waals surface area contributed by atoms with Crippen LogP contribution in [0.1, 0.15) is 50.2 Å². The van der Waals surface area contributed by atoms with Gasteiger partial charge < -0.3 is 9.84 Å². The van der Waals surface area contributed by atoms with Crippen LogP contribution in [0.2, 0.25) is 5.02 Å². The van der Waals surface area contributed by atoms with Crippen LogP contribution in [-0.2, 0) is 12.8 Å². The van der Waals surface area contributed by atoms with E-state index in [0.717, 1.165) is 61.0 Å². The zero-order chi connectivity index (χ0) is 14.2. The minimum Gasteiger partial charge on any atom is -0.493 e. The lowest BCUT2D eigenvalue weighted by Gasteiger charge is -2.36. The number of fused-ring (bicyclic) bond motifs is 1. The van der Waals surface area contributed by atoms with Crippen molar-refractivity contribution in [1.82, 2.24) is 0 Å². The largest absolute Gasteiger partial charge is 0.493 e. The molecule has 0 bridgehead atoms. The molecule has 110 valence electrons. The Bertz CT molecular complexity index is 490. The highest BCUT2D eigenvalue weighted by molar-refractivity contribution is 6.30. The van der Waals surface area contributed by atoms with Crippen LogP contribution in [0, 0.1) is 5.92 Å². The van der Waals surface area contributed by atoms with Crippen LogP contribution in [0.5, 0.6) is 5.75 Å². The molecule has 1 saturated carbocycles. The molecule has 1 heterocycles. The van der Waals surface area contributed by atoms with Gasteiger partial charge in [0.25, 0.3) is 0 Å². The van der Waals surface area contributed by atoms with Crippen LogP contribution in [0.3, 0.4) is 0 Å². The molecule has 0 amide bonds. The van der Waals surface area contributed by atoms with Gasteiger partial charge in [-0.05, 0) is 54.9 Å². The van der Waals surface area contributed by atoms with Gasteiger partial charge in [0.15, 0.2) is 0 Å². The van der Waals surface area contributed by atoms with Crippen molar-refractivity contribution in [2.24, 2.45) is 5.92 Å². The lowest BCUT2D eigenvalue weighted by Crippen LogP contribution is -2.36. The summed E-state index contributed by atoms with van der Waals surface area (Å²) in [7, 11) is 0. The van der Waals surface area contributed by atoms with Crippen molar-refractivity contribution in [3.05, 3.63) is 28.3 Å². The van der Waals surface area contributed by atoms with Gasteiger partial charge in [-0.25, -0.2) is 0 Å². The smallest absolute Gasteiger partial charge is 0.126 e. The molecule has 3 heteroatoms. The summed E-state index contributed by atoms with van der Waals surface area (Å²) in [6.07, 6.45) is 6.89. The zero-order valence-electron chi connectivity index (χ0n) is 12.1. The van der Waals surface area contributed by atoms with Gasteiger partial charge in [0, 0.05) is 17.9 Å².